The molecule has 0 radical (unpaired) electrons. The third-order valence-electron chi connectivity index (χ3n) is 5.05. The number of piperazine rings is 1. The molecule has 3 aromatic rings. The summed E-state index contributed by atoms with van der Waals surface area (Å²) in [5.41, 5.74) is 2.27. The minimum Gasteiger partial charge on any atom is -0.411 e. The van der Waals surface area contributed by atoms with Gasteiger partial charge >= 0.3 is 0 Å². The van der Waals surface area contributed by atoms with E-state index >= 15 is 0 Å². The van der Waals surface area contributed by atoms with E-state index in [1.807, 2.05) is 24.3 Å². The predicted octanol–water partition coefficient (Wildman–Crippen LogP) is 3.20. The maximum atomic E-state index is 12.6. The normalized spacial score (nSPS) is 14.9. The second-order valence-corrected chi connectivity index (χ2v) is 10.7. The molecule has 1 N–H and O–H groups in total. The van der Waals surface area contributed by atoms with Crippen molar-refractivity contribution in [1.82, 2.24) is 14.5 Å². The molecule has 1 saturated heterocycles. The van der Waals surface area contributed by atoms with Crippen LogP contribution in [0.3, 0.4) is 0 Å². The van der Waals surface area contributed by atoms with Crippen LogP contribution in [-0.4, -0.2) is 67.0 Å². The van der Waals surface area contributed by atoms with Gasteiger partial charge in [0.05, 0.1) is 23.4 Å². The summed E-state index contributed by atoms with van der Waals surface area (Å²) < 4.78 is 30.6. The number of nitrogens with zero attached hydrogens (tertiary/aromatic N) is 4. The topological polar surface area (TPSA) is 109 Å². The van der Waals surface area contributed by atoms with Crippen LogP contribution in [0.2, 0.25) is 5.02 Å². The lowest BCUT2D eigenvalue weighted by Gasteiger charge is -2.35. The zero-order chi connectivity index (χ0) is 23.4. The van der Waals surface area contributed by atoms with Gasteiger partial charge in [0.25, 0.3) is 5.22 Å². The molecule has 2 aromatic carbocycles. The standard InChI is InChI=1S/C21H22ClN5O4S2/c1-33(29,30)27-12-10-26(11-13-27)18-5-3-2-4-17(18)23-19(28)14-32-21-25-24-20(31-21)15-6-8-16(22)9-7-15/h2-9H,10-14H2,1H3,(H,23,28). The zero-order valence-electron chi connectivity index (χ0n) is 17.8. The molecule has 0 aliphatic carbocycles. The van der Waals surface area contributed by atoms with Gasteiger partial charge in [-0.1, -0.05) is 35.5 Å². The molecule has 1 amide bonds. The van der Waals surface area contributed by atoms with Crippen molar-refractivity contribution in [1.29, 1.82) is 0 Å². The first kappa shape index (κ1) is 23.6. The van der Waals surface area contributed by atoms with Crippen molar-refractivity contribution in [2.24, 2.45) is 0 Å². The number of sulfonamides is 1. The Morgan fingerprint density at radius 1 is 1.09 bits per heavy atom. The van der Waals surface area contributed by atoms with Crippen molar-refractivity contribution in [3.63, 3.8) is 0 Å². The maximum absolute atomic E-state index is 12.6. The number of anilines is 2. The van der Waals surface area contributed by atoms with E-state index in [0.29, 0.717) is 48.0 Å². The summed E-state index contributed by atoms with van der Waals surface area (Å²) in [4.78, 5) is 14.6. The molecule has 33 heavy (non-hydrogen) atoms. The highest BCUT2D eigenvalue weighted by Crippen LogP contribution is 2.28. The SMILES string of the molecule is CS(=O)(=O)N1CCN(c2ccccc2NC(=O)CSc2nnc(-c3ccc(Cl)cc3)o2)CC1. The van der Waals surface area contributed by atoms with E-state index in [0.717, 1.165) is 23.0 Å². The van der Waals surface area contributed by atoms with Gasteiger partial charge in [-0.25, -0.2) is 8.42 Å². The summed E-state index contributed by atoms with van der Waals surface area (Å²) in [6, 6.07) is 14.5. The van der Waals surface area contributed by atoms with Crippen LogP contribution in [0.15, 0.2) is 58.2 Å². The van der Waals surface area contributed by atoms with Crippen molar-refractivity contribution >= 4 is 50.7 Å². The van der Waals surface area contributed by atoms with Gasteiger partial charge in [-0.15, -0.1) is 10.2 Å². The van der Waals surface area contributed by atoms with Crippen molar-refractivity contribution < 1.29 is 17.6 Å². The van der Waals surface area contributed by atoms with Gasteiger partial charge in [-0.3, -0.25) is 4.79 Å². The Kier molecular flexibility index (Phi) is 7.23. The Labute approximate surface area is 201 Å². The fourth-order valence-corrected chi connectivity index (χ4v) is 4.92. The number of amides is 1. The van der Waals surface area contributed by atoms with Crippen molar-refractivity contribution in [3.05, 3.63) is 53.6 Å². The number of para-hydroxylation sites is 2. The first-order valence-electron chi connectivity index (χ1n) is 10.1. The monoisotopic (exact) mass is 507 g/mol. The summed E-state index contributed by atoms with van der Waals surface area (Å²) in [6.45, 7) is 1.91. The molecule has 1 aromatic heterocycles. The van der Waals surface area contributed by atoms with Crippen LogP contribution in [0.25, 0.3) is 11.5 Å². The average Bonchev–Trinajstić information content (AvgIpc) is 3.27. The Hall–Kier alpha value is -2.60. The lowest BCUT2D eigenvalue weighted by atomic mass is 10.2. The van der Waals surface area contributed by atoms with Crippen LogP contribution in [-0.2, 0) is 14.8 Å². The van der Waals surface area contributed by atoms with Gasteiger partial charge in [0.15, 0.2) is 0 Å². The van der Waals surface area contributed by atoms with E-state index in [4.69, 9.17) is 16.0 Å². The predicted molar refractivity (Wildman–Crippen MR) is 129 cm³/mol. The van der Waals surface area contributed by atoms with E-state index < -0.39 is 10.0 Å². The number of hydrogen-bond acceptors (Lipinski definition) is 8. The van der Waals surface area contributed by atoms with E-state index in [-0.39, 0.29) is 11.7 Å². The number of thioether (sulfide) groups is 1. The fourth-order valence-electron chi connectivity index (χ4n) is 3.41. The second kappa shape index (κ2) is 10.1. The zero-order valence-corrected chi connectivity index (χ0v) is 20.2. The Morgan fingerprint density at radius 3 is 2.48 bits per heavy atom. The molecule has 0 spiro atoms. The Balaban J connectivity index is 1.35. The number of aromatic nitrogens is 2. The van der Waals surface area contributed by atoms with Crippen molar-refractivity contribution in [2.45, 2.75) is 5.22 Å². The van der Waals surface area contributed by atoms with Gasteiger partial charge in [0.1, 0.15) is 0 Å². The number of nitrogens with one attached hydrogen (secondary N) is 1. The van der Waals surface area contributed by atoms with Crippen LogP contribution < -0.4 is 10.2 Å². The molecule has 12 heteroatoms. The minimum atomic E-state index is -3.20. The van der Waals surface area contributed by atoms with Crippen LogP contribution in [0.4, 0.5) is 11.4 Å². The first-order chi connectivity index (χ1) is 15.8. The molecule has 1 fully saturated rings. The summed E-state index contributed by atoms with van der Waals surface area (Å²) in [7, 11) is -3.20. The van der Waals surface area contributed by atoms with Gasteiger partial charge < -0.3 is 14.6 Å². The van der Waals surface area contributed by atoms with Crippen LogP contribution >= 0.6 is 23.4 Å². The first-order valence-corrected chi connectivity index (χ1v) is 13.3. The van der Waals surface area contributed by atoms with E-state index in [1.54, 1.807) is 24.3 Å². The van der Waals surface area contributed by atoms with Crippen molar-refractivity contribution in [2.75, 3.05) is 48.4 Å². The smallest absolute Gasteiger partial charge is 0.277 e. The minimum absolute atomic E-state index is 0.0957. The lowest BCUT2D eigenvalue weighted by Crippen LogP contribution is -2.48. The molecule has 2 heterocycles. The highest BCUT2D eigenvalue weighted by molar-refractivity contribution is 7.99. The number of halogens is 1. The molecule has 0 bridgehead atoms. The second-order valence-electron chi connectivity index (χ2n) is 7.38. The molecule has 0 atom stereocenters. The highest BCUT2D eigenvalue weighted by Gasteiger charge is 2.25. The van der Waals surface area contributed by atoms with Crippen LogP contribution in [0.5, 0.6) is 0 Å². The molecular weight excluding hydrogens is 486 g/mol. The highest BCUT2D eigenvalue weighted by atomic mass is 35.5. The molecule has 1 aliphatic heterocycles. The number of hydrogen-bond donors (Lipinski definition) is 1. The maximum Gasteiger partial charge on any atom is 0.277 e. The Morgan fingerprint density at radius 2 is 1.79 bits per heavy atom. The van der Waals surface area contributed by atoms with Crippen LogP contribution in [0, 0.1) is 0 Å². The largest absolute Gasteiger partial charge is 0.411 e. The number of carbonyl (C=O) groups is 1. The van der Waals surface area contributed by atoms with Gasteiger partial charge in [-0.05, 0) is 36.4 Å². The number of rotatable bonds is 7. The summed E-state index contributed by atoms with van der Waals surface area (Å²) in [5, 5.41) is 11.8. The molecule has 174 valence electrons. The quantitative estimate of drug-likeness (QED) is 0.486. The van der Waals surface area contributed by atoms with E-state index in [2.05, 4.69) is 20.4 Å². The number of carbonyl (C=O) groups excluding carboxylic acids is 1. The fraction of sp³-hybridized carbons (Fsp3) is 0.286. The van der Waals surface area contributed by atoms with Gasteiger partial charge in [0, 0.05) is 36.8 Å². The van der Waals surface area contributed by atoms with Crippen molar-refractivity contribution in [3.8, 4) is 11.5 Å². The Bertz CT molecular complexity index is 1230. The molecule has 9 nitrogen and oxygen atoms in total. The summed E-state index contributed by atoms with van der Waals surface area (Å²) in [5.74, 6) is 0.236. The van der Waals surface area contributed by atoms with E-state index in [9.17, 15) is 13.2 Å². The molecule has 0 saturated carbocycles. The van der Waals surface area contributed by atoms with Gasteiger partial charge in [-0.2, -0.15) is 4.31 Å². The molecular formula is C21H22ClN5O4S2. The summed E-state index contributed by atoms with van der Waals surface area (Å²) >= 11 is 7.04. The summed E-state index contributed by atoms with van der Waals surface area (Å²) in [6.07, 6.45) is 1.22. The average molecular weight is 508 g/mol. The molecule has 4 rings (SSSR count). The lowest BCUT2D eigenvalue weighted by molar-refractivity contribution is -0.113. The molecule has 0 unspecified atom stereocenters. The molecule has 1 aliphatic rings. The number of benzene rings is 2. The van der Waals surface area contributed by atoms with Gasteiger partial charge in [0.2, 0.25) is 21.8 Å². The van der Waals surface area contributed by atoms with E-state index in [1.165, 1.54) is 10.6 Å². The third-order valence-corrected chi connectivity index (χ3v) is 7.42. The van der Waals surface area contributed by atoms with Crippen LogP contribution in [0.1, 0.15) is 0 Å². The third kappa shape index (κ3) is 6.05.